The summed E-state index contributed by atoms with van der Waals surface area (Å²) in [6.07, 6.45) is 5.68. The lowest BCUT2D eigenvalue weighted by Crippen LogP contribution is -1.99. The Morgan fingerprint density at radius 1 is 1.33 bits per heavy atom. The molecular formula is C11H12BrN3. The number of rotatable bonds is 2. The molecule has 15 heavy (non-hydrogen) atoms. The van der Waals surface area contributed by atoms with Crippen molar-refractivity contribution in [1.82, 2.24) is 14.5 Å². The fourth-order valence-corrected chi connectivity index (χ4v) is 1.92. The maximum atomic E-state index is 4.29. The Hall–Kier alpha value is -1.16. The fourth-order valence-electron chi connectivity index (χ4n) is 1.63. The zero-order valence-electron chi connectivity index (χ0n) is 8.74. The highest BCUT2D eigenvalue weighted by Gasteiger charge is 2.06. The van der Waals surface area contributed by atoms with Crippen LogP contribution in [0.15, 0.2) is 24.8 Å². The first-order chi connectivity index (χ1) is 7.22. The van der Waals surface area contributed by atoms with Gasteiger partial charge in [-0.25, -0.2) is 4.98 Å². The van der Waals surface area contributed by atoms with Crippen LogP contribution in [0.1, 0.15) is 17.0 Å². The van der Waals surface area contributed by atoms with Gasteiger partial charge in [0.1, 0.15) is 0 Å². The lowest BCUT2D eigenvalue weighted by Gasteiger charge is -2.08. The second-order valence-electron chi connectivity index (χ2n) is 3.47. The predicted octanol–water partition coefficient (Wildman–Crippen LogP) is 2.78. The van der Waals surface area contributed by atoms with Gasteiger partial charge in [0.2, 0.25) is 0 Å². The Morgan fingerprint density at radius 3 is 2.73 bits per heavy atom. The molecule has 2 aromatic heterocycles. The molecule has 3 nitrogen and oxygen atoms in total. The molecule has 78 valence electrons. The summed E-state index contributed by atoms with van der Waals surface area (Å²) in [7, 11) is 0. The number of aryl methyl sites for hydroxylation is 2. The first-order valence-corrected chi connectivity index (χ1v) is 5.86. The minimum absolute atomic E-state index is 0.776. The van der Waals surface area contributed by atoms with Gasteiger partial charge in [-0.1, -0.05) is 15.9 Å². The highest BCUT2D eigenvalue weighted by atomic mass is 79.9. The third kappa shape index (κ3) is 1.95. The zero-order valence-corrected chi connectivity index (χ0v) is 10.3. The van der Waals surface area contributed by atoms with Crippen LogP contribution in [0.4, 0.5) is 0 Å². The smallest absolute Gasteiger partial charge is 0.0996 e. The van der Waals surface area contributed by atoms with E-state index in [-0.39, 0.29) is 0 Å². The van der Waals surface area contributed by atoms with Gasteiger partial charge in [0, 0.05) is 17.7 Å². The van der Waals surface area contributed by atoms with Crippen molar-refractivity contribution in [3.05, 3.63) is 41.7 Å². The number of aromatic nitrogens is 3. The van der Waals surface area contributed by atoms with Crippen LogP contribution in [0.2, 0.25) is 0 Å². The molecule has 0 radical (unpaired) electrons. The van der Waals surface area contributed by atoms with E-state index in [4.69, 9.17) is 0 Å². The average molecular weight is 266 g/mol. The van der Waals surface area contributed by atoms with Gasteiger partial charge in [0.05, 0.1) is 23.4 Å². The van der Waals surface area contributed by atoms with Crippen molar-refractivity contribution >= 4 is 15.9 Å². The van der Waals surface area contributed by atoms with E-state index in [9.17, 15) is 0 Å². The van der Waals surface area contributed by atoms with E-state index < -0.39 is 0 Å². The lowest BCUT2D eigenvalue weighted by atomic mass is 10.2. The molecule has 0 aliphatic heterocycles. The molecule has 0 N–H and O–H groups in total. The summed E-state index contributed by atoms with van der Waals surface area (Å²) >= 11 is 3.39. The summed E-state index contributed by atoms with van der Waals surface area (Å²) in [5.41, 5.74) is 4.38. The summed E-state index contributed by atoms with van der Waals surface area (Å²) in [5.74, 6) is 0. The number of hydrogen-bond acceptors (Lipinski definition) is 2. The van der Waals surface area contributed by atoms with Gasteiger partial charge in [0.15, 0.2) is 0 Å². The van der Waals surface area contributed by atoms with E-state index in [1.165, 1.54) is 5.56 Å². The van der Waals surface area contributed by atoms with Gasteiger partial charge in [-0.2, -0.15) is 0 Å². The molecule has 0 aliphatic rings. The first-order valence-electron chi connectivity index (χ1n) is 4.74. The van der Waals surface area contributed by atoms with Crippen LogP contribution < -0.4 is 0 Å². The lowest BCUT2D eigenvalue weighted by molar-refractivity contribution is 0.989. The van der Waals surface area contributed by atoms with Gasteiger partial charge in [-0.15, -0.1) is 0 Å². The van der Waals surface area contributed by atoms with Crippen LogP contribution in [0, 0.1) is 13.8 Å². The summed E-state index contributed by atoms with van der Waals surface area (Å²) < 4.78 is 2.02. The van der Waals surface area contributed by atoms with Crippen molar-refractivity contribution < 1.29 is 0 Å². The molecule has 0 unspecified atom stereocenters. The minimum Gasteiger partial charge on any atom is -0.304 e. The quantitative estimate of drug-likeness (QED) is 0.782. The van der Waals surface area contributed by atoms with Crippen LogP contribution in [0.3, 0.4) is 0 Å². The molecule has 0 aliphatic carbocycles. The normalized spacial score (nSPS) is 10.6. The predicted molar refractivity (Wildman–Crippen MR) is 63.5 cm³/mol. The fraction of sp³-hybridized carbons (Fsp3) is 0.273. The van der Waals surface area contributed by atoms with Gasteiger partial charge in [0.25, 0.3) is 0 Å². The topological polar surface area (TPSA) is 30.7 Å². The van der Waals surface area contributed by atoms with Crippen LogP contribution >= 0.6 is 15.9 Å². The summed E-state index contributed by atoms with van der Waals surface area (Å²) in [6.45, 7) is 4.09. The molecule has 0 atom stereocenters. The van der Waals surface area contributed by atoms with E-state index >= 15 is 0 Å². The second-order valence-corrected chi connectivity index (χ2v) is 4.03. The van der Waals surface area contributed by atoms with Crippen LogP contribution in [-0.2, 0) is 5.33 Å². The molecule has 0 bridgehead atoms. The largest absolute Gasteiger partial charge is 0.304 e. The van der Waals surface area contributed by atoms with Crippen molar-refractivity contribution in [2.24, 2.45) is 0 Å². The monoisotopic (exact) mass is 265 g/mol. The van der Waals surface area contributed by atoms with Crippen molar-refractivity contribution in [3.8, 4) is 5.69 Å². The van der Waals surface area contributed by atoms with Gasteiger partial charge < -0.3 is 4.57 Å². The maximum absolute atomic E-state index is 4.29. The molecule has 0 saturated heterocycles. The third-order valence-electron chi connectivity index (χ3n) is 2.34. The van der Waals surface area contributed by atoms with Crippen LogP contribution in [0.5, 0.6) is 0 Å². The molecular weight excluding hydrogens is 254 g/mol. The van der Waals surface area contributed by atoms with E-state index in [2.05, 4.69) is 32.8 Å². The molecule has 0 saturated carbocycles. The van der Waals surface area contributed by atoms with E-state index in [0.29, 0.717) is 0 Å². The van der Waals surface area contributed by atoms with Crippen molar-refractivity contribution in [2.45, 2.75) is 19.2 Å². The summed E-state index contributed by atoms with van der Waals surface area (Å²) in [4.78, 5) is 8.57. The summed E-state index contributed by atoms with van der Waals surface area (Å²) in [5, 5.41) is 0.776. The van der Waals surface area contributed by atoms with E-state index in [1.54, 1.807) is 0 Å². The highest BCUT2D eigenvalue weighted by molar-refractivity contribution is 9.08. The molecule has 0 fully saturated rings. The second kappa shape index (κ2) is 4.14. The summed E-state index contributed by atoms with van der Waals surface area (Å²) in [6, 6.07) is 2.01. The molecule has 2 rings (SSSR count). The van der Waals surface area contributed by atoms with Crippen molar-refractivity contribution in [2.75, 3.05) is 0 Å². The SMILES string of the molecule is Cc1ccnc(C)c1-n1cnc(CBr)c1. The number of hydrogen-bond donors (Lipinski definition) is 0. The molecule has 2 aromatic rings. The van der Waals surface area contributed by atoms with Gasteiger partial charge in [-0.05, 0) is 25.5 Å². The average Bonchev–Trinajstić information content (AvgIpc) is 2.66. The number of halogens is 1. The molecule has 4 heteroatoms. The first kappa shape index (κ1) is 10.4. The minimum atomic E-state index is 0.776. The Morgan fingerprint density at radius 2 is 2.13 bits per heavy atom. The van der Waals surface area contributed by atoms with Gasteiger partial charge in [-0.3, -0.25) is 4.98 Å². The molecule has 0 aromatic carbocycles. The third-order valence-corrected chi connectivity index (χ3v) is 2.91. The number of imidazole rings is 1. The zero-order chi connectivity index (χ0) is 10.8. The molecule has 0 spiro atoms. The Balaban J connectivity index is 2.53. The highest BCUT2D eigenvalue weighted by Crippen LogP contribution is 2.17. The number of pyridine rings is 1. The van der Waals surface area contributed by atoms with Crippen LogP contribution in [0.25, 0.3) is 5.69 Å². The van der Waals surface area contributed by atoms with Crippen molar-refractivity contribution in [1.29, 1.82) is 0 Å². The Bertz CT molecular complexity index is 456. The molecule has 0 amide bonds. The Kier molecular flexibility index (Phi) is 2.86. The Labute approximate surface area is 97.3 Å². The maximum Gasteiger partial charge on any atom is 0.0996 e. The standard InChI is InChI=1S/C11H12BrN3/c1-8-3-4-13-9(2)11(8)15-6-10(5-12)14-7-15/h3-4,6-7H,5H2,1-2H3. The van der Waals surface area contributed by atoms with E-state index in [1.807, 2.05) is 36.3 Å². The van der Waals surface area contributed by atoms with Gasteiger partial charge >= 0.3 is 0 Å². The van der Waals surface area contributed by atoms with E-state index in [0.717, 1.165) is 22.4 Å². The van der Waals surface area contributed by atoms with Crippen molar-refractivity contribution in [3.63, 3.8) is 0 Å². The number of nitrogens with zero attached hydrogens (tertiary/aromatic N) is 3. The number of alkyl halides is 1. The van der Waals surface area contributed by atoms with Crippen LogP contribution in [-0.4, -0.2) is 14.5 Å². The molecule has 2 heterocycles.